The first kappa shape index (κ1) is 21.0. The predicted molar refractivity (Wildman–Crippen MR) is 109 cm³/mol. The lowest BCUT2D eigenvalue weighted by Gasteiger charge is -2.16. The van der Waals surface area contributed by atoms with Gasteiger partial charge in [0.25, 0.3) is 0 Å². The zero-order chi connectivity index (χ0) is 22.0. The molecule has 0 N–H and O–H groups in total. The van der Waals surface area contributed by atoms with E-state index < -0.39 is 11.6 Å². The number of halogens is 2. The van der Waals surface area contributed by atoms with Crippen molar-refractivity contribution in [1.29, 1.82) is 0 Å². The van der Waals surface area contributed by atoms with Crippen molar-refractivity contribution in [1.82, 2.24) is 15.0 Å². The van der Waals surface area contributed by atoms with Gasteiger partial charge in [0, 0.05) is 36.7 Å². The largest absolute Gasteiger partial charge is 0.493 e. The fraction of sp³-hybridized carbons (Fsp3) is 0.348. The van der Waals surface area contributed by atoms with Crippen LogP contribution in [0.1, 0.15) is 37.6 Å². The number of hydrogen-bond acceptors (Lipinski definition) is 5. The lowest BCUT2D eigenvalue weighted by atomic mass is 10.1. The Morgan fingerprint density at radius 1 is 1.19 bits per heavy atom. The van der Waals surface area contributed by atoms with Gasteiger partial charge in [-0.1, -0.05) is 25.1 Å². The Labute approximate surface area is 178 Å². The van der Waals surface area contributed by atoms with E-state index in [1.54, 1.807) is 0 Å². The van der Waals surface area contributed by atoms with E-state index in [0.717, 1.165) is 17.4 Å². The molecule has 0 bridgehead atoms. The average Bonchev–Trinajstić information content (AvgIpc) is 3.36. The molecule has 2 aromatic carbocycles. The summed E-state index contributed by atoms with van der Waals surface area (Å²) < 4.78 is 38.1. The molecule has 31 heavy (non-hydrogen) atoms. The van der Waals surface area contributed by atoms with Crippen LogP contribution in [0.15, 0.2) is 47.0 Å². The summed E-state index contributed by atoms with van der Waals surface area (Å²) in [6.45, 7) is 5.21. The van der Waals surface area contributed by atoms with Crippen molar-refractivity contribution < 1.29 is 22.8 Å². The second-order valence-corrected chi connectivity index (χ2v) is 8.10. The van der Waals surface area contributed by atoms with Crippen molar-refractivity contribution in [2.75, 3.05) is 13.2 Å². The minimum atomic E-state index is -0.669. The van der Waals surface area contributed by atoms with Gasteiger partial charge in [-0.2, -0.15) is 4.98 Å². The van der Waals surface area contributed by atoms with Gasteiger partial charge in [0.15, 0.2) is 0 Å². The molecule has 2 heterocycles. The van der Waals surface area contributed by atoms with Gasteiger partial charge in [0.05, 0.1) is 12.5 Å². The fourth-order valence-corrected chi connectivity index (χ4v) is 3.43. The molecule has 1 aromatic heterocycles. The molecule has 0 aliphatic carbocycles. The third kappa shape index (κ3) is 4.90. The van der Waals surface area contributed by atoms with E-state index in [4.69, 9.17) is 9.26 Å². The second-order valence-electron chi connectivity index (χ2n) is 8.10. The normalized spacial score (nSPS) is 16.4. The number of rotatable bonds is 7. The van der Waals surface area contributed by atoms with Gasteiger partial charge < -0.3 is 14.2 Å². The summed E-state index contributed by atoms with van der Waals surface area (Å²) in [6.07, 6.45) is 0.201. The van der Waals surface area contributed by atoms with E-state index in [-0.39, 0.29) is 30.4 Å². The molecular formula is C23H23F2N3O3. The third-order valence-corrected chi connectivity index (χ3v) is 5.08. The van der Waals surface area contributed by atoms with Gasteiger partial charge >= 0.3 is 0 Å². The number of ether oxygens (including phenoxy) is 1. The number of carbonyl (C=O) groups is 1. The molecule has 0 spiro atoms. The number of amides is 1. The Balaban J connectivity index is 1.41. The van der Waals surface area contributed by atoms with Crippen molar-refractivity contribution in [3.63, 3.8) is 0 Å². The van der Waals surface area contributed by atoms with E-state index in [9.17, 15) is 13.6 Å². The van der Waals surface area contributed by atoms with Crippen LogP contribution in [0, 0.1) is 17.6 Å². The number of nitrogens with zero attached hydrogens (tertiary/aromatic N) is 3. The average molecular weight is 427 g/mol. The Kier molecular flexibility index (Phi) is 5.97. The van der Waals surface area contributed by atoms with Crippen LogP contribution in [0.5, 0.6) is 5.75 Å². The number of carbonyl (C=O) groups excluding carboxylic acids is 1. The van der Waals surface area contributed by atoms with Crippen LogP contribution >= 0.6 is 0 Å². The van der Waals surface area contributed by atoms with Crippen LogP contribution in [0.25, 0.3) is 11.4 Å². The third-order valence-electron chi connectivity index (χ3n) is 5.08. The summed E-state index contributed by atoms with van der Waals surface area (Å²) in [5.74, 6) is 0.276. The van der Waals surface area contributed by atoms with Gasteiger partial charge in [0.2, 0.25) is 17.6 Å². The summed E-state index contributed by atoms with van der Waals surface area (Å²) in [6, 6.07) is 10.8. The maximum Gasteiger partial charge on any atom is 0.232 e. The van der Waals surface area contributed by atoms with Crippen molar-refractivity contribution in [3.8, 4) is 17.1 Å². The quantitative estimate of drug-likeness (QED) is 0.553. The molecule has 162 valence electrons. The molecule has 1 aliphatic rings. The molecule has 0 radical (unpaired) electrons. The molecule has 0 saturated carbocycles. The Hall–Kier alpha value is -3.29. The first-order valence-electron chi connectivity index (χ1n) is 10.2. The van der Waals surface area contributed by atoms with E-state index >= 15 is 0 Å². The zero-order valence-corrected chi connectivity index (χ0v) is 17.3. The number of likely N-dealkylation sites (tertiary alicyclic amines) is 1. The predicted octanol–water partition coefficient (Wildman–Crippen LogP) is 4.57. The molecule has 1 unspecified atom stereocenters. The summed E-state index contributed by atoms with van der Waals surface area (Å²) in [5, 5.41) is 4.03. The van der Waals surface area contributed by atoms with Crippen LogP contribution in [0.3, 0.4) is 0 Å². The van der Waals surface area contributed by atoms with Gasteiger partial charge in [0.1, 0.15) is 17.4 Å². The summed E-state index contributed by atoms with van der Waals surface area (Å²) in [5.41, 5.74) is 1.04. The van der Waals surface area contributed by atoms with E-state index in [1.165, 1.54) is 17.0 Å². The van der Waals surface area contributed by atoms with Crippen molar-refractivity contribution in [2.24, 2.45) is 5.92 Å². The van der Waals surface area contributed by atoms with Crippen LogP contribution in [-0.4, -0.2) is 34.1 Å². The Bertz CT molecular complexity index is 1070. The Morgan fingerprint density at radius 2 is 1.97 bits per heavy atom. The highest BCUT2D eigenvalue weighted by molar-refractivity contribution is 5.79. The zero-order valence-electron chi connectivity index (χ0n) is 17.3. The highest BCUT2D eigenvalue weighted by atomic mass is 19.1. The van der Waals surface area contributed by atoms with E-state index in [2.05, 4.69) is 24.0 Å². The monoisotopic (exact) mass is 427 g/mol. The molecule has 1 aliphatic heterocycles. The highest BCUT2D eigenvalue weighted by Crippen LogP contribution is 2.30. The molecule has 6 nitrogen and oxygen atoms in total. The maximum absolute atomic E-state index is 13.9. The van der Waals surface area contributed by atoms with Crippen molar-refractivity contribution in [3.05, 3.63) is 65.6 Å². The smallest absolute Gasteiger partial charge is 0.232 e. The minimum Gasteiger partial charge on any atom is -0.493 e. The van der Waals surface area contributed by atoms with Gasteiger partial charge in [-0.25, -0.2) is 8.78 Å². The van der Waals surface area contributed by atoms with Gasteiger partial charge in [-0.15, -0.1) is 0 Å². The fourth-order valence-electron chi connectivity index (χ4n) is 3.43. The molecular weight excluding hydrogens is 404 g/mol. The molecule has 1 fully saturated rings. The van der Waals surface area contributed by atoms with Crippen LogP contribution in [-0.2, 0) is 11.3 Å². The molecule has 1 atom stereocenters. The SMILES string of the molecule is CC(C)COc1ccc(-c2noc(C3CC(=O)N(Cc4ccc(F)cc4F)C3)n2)cc1. The Morgan fingerprint density at radius 3 is 2.68 bits per heavy atom. The molecule has 1 saturated heterocycles. The number of benzene rings is 2. The first-order chi connectivity index (χ1) is 14.9. The van der Waals surface area contributed by atoms with Gasteiger partial charge in [-0.05, 0) is 36.2 Å². The standard InChI is InChI=1S/C23H23F2N3O3/c1-14(2)13-30-19-7-4-15(5-8-19)22-26-23(31-27-22)17-9-21(29)28(12-17)11-16-3-6-18(24)10-20(16)25/h3-8,10,14,17H,9,11-13H2,1-2H3. The summed E-state index contributed by atoms with van der Waals surface area (Å²) in [4.78, 5) is 18.4. The molecule has 8 heteroatoms. The topological polar surface area (TPSA) is 68.5 Å². The van der Waals surface area contributed by atoms with Crippen LogP contribution in [0.2, 0.25) is 0 Å². The minimum absolute atomic E-state index is 0.0697. The molecule has 1 amide bonds. The first-order valence-corrected chi connectivity index (χ1v) is 10.2. The van der Waals surface area contributed by atoms with Crippen LogP contribution in [0.4, 0.5) is 8.78 Å². The molecule has 4 rings (SSSR count). The van der Waals surface area contributed by atoms with Crippen molar-refractivity contribution >= 4 is 5.91 Å². The number of hydrogen-bond donors (Lipinski definition) is 0. The second kappa shape index (κ2) is 8.83. The summed E-state index contributed by atoms with van der Waals surface area (Å²) in [7, 11) is 0. The van der Waals surface area contributed by atoms with Crippen LogP contribution < -0.4 is 4.74 Å². The number of aromatic nitrogens is 2. The lowest BCUT2D eigenvalue weighted by Crippen LogP contribution is -2.25. The lowest BCUT2D eigenvalue weighted by molar-refractivity contribution is -0.128. The van der Waals surface area contributed by atoms with Gasteiger partial charge in [-0.3, -0.25) is 4.79 Å². The summed E-state index contributed by atoms with van der Waals surface area (Å²) >= 11 is 0. The van der Waals surface area contributed by atoms with Crippen molar-refractivity contribution in [2.45, 2.75) is 32.7 Å². The maximum atomic E-state index is 13.9. The van der Waals surface area contributed by atoms with E-state index in [1.807, 2.05) is 24.3 Å². The van der Waals surface area contributed by atoms with E-state index in [0.29, 0.717) is 30.8 Å². The highest BCUT2D eigenvalue weighted by Gasteiger charge is 2.34. The molecule has 3 aromatic rings.